The molecule has 0 spiro atoms. The van der Waals surface area contributed by atoms with Gasteiger partial charge in [0, 0.05) is 19.5 Å². The molecule has 0 aliphatic rings. The highest BCUT2D eigenvalue weighted by Gasteiger charge is 2.10. The number of hydrogen-bond donors (Lipinski definition) is 1. The molecule has 1 N–H and O–H groups in total. The Hall–Kier alpha value is -2.43. The third-order valence-electron chi connectivity index (χ3n) is 3.43. The second-order valence-electron chi connectivity index (χ2n) is 5.28. The molecule has 7 heteroatoms. The second kappa shape index (κ2) is 8.43. The summed E-state index contributed by atoms with van der Waals surface area (Å²) >= 11 is 1.32. The number of hydrogen-bond acceptors (Lipinski definition) is 5. The molecule has 0 bridgehead atoms. The molecule has 126 valence electrons. The zero-order chi connectivity index (χ0) is 17.5. The highest BCUT2D eigenvalue weighted by molar-refractivity contribution is 7.14. The molecule has 0 aliphatic heterocycles. The van der Waals surface area contributed by atoms with Gasteiger partial charge in [0.25, 0.3) is 0 Å². The molecule has 0 unspecified atom stereocenters. The first-order valence-corrected chi connectivity index (χ1v) is 8.20. The van der Waals surface area contributed by atoms with Crippen LogP contribution in [0, 0.1) is 17.1 Å². The Morgan fingerprint density at radius 2 is 2.25 bits per heavy atom. The number of anilines is 1. The van der Waals surface area contributed by atoms with E-state index in [1.165, 1.54) is 24.5 Å². The van der Waals surface area contributed by atoms with Crippen molar-refractivity contribution >= 4 is 22.2 Å². The molecule has 0 aliphatic carbocycles. The lowest BCUT2D eigenvalue weighted by Crippen LogP contribution is -2.24. The fourth-order valence-electron chi connectivity index (χ4n) is 2.17. The Morgan fingerprint density at radius 3 is 2.92 bits per heavy atom. The van der Waals surface area contributed by atoms with E-state index in [4.69, 9.17) is 10.00 Å². The van der Waals surface area contributed by atoms with Crippen LogP contribution < -0.4 is 10.1 Å². The summed E-state index contributed by atoms with van der Waals surface area (Å²) in [5.74, 6) is -0.338. The van der Waals surface area contributed by atoms with Crippen molar-refractivity contribution in [1.29, 1.82) is 5.26 Å². The van der Waals surface area contributed by atoms with E-state index >= 15 is 0 Å². The fourth-order valence-corrected chi connectivity index (χ4v) is 2.93. The largest absolute Gasteiger partial charge is 0.494 e. The molecule has 1 amide bonds. The van der Waals surface area contributed by atoms with E-state index in [-0.39, 0.29) is 18.1 Å². The average molecular weight is 347 g/mol. The molecule has 0 saturated carbocycles. The minimum atomic E-state index is -0.400. The van der Waals surface area contributed by atoms with Crippen LogP contribution in [0.15, 0.2) is 29.6 Å². The molecule has 0 saturated heterocycles. The Balaban J connectivity index is 1.82. The SMILES string of the molecule is COc1ccc(CN(C)CCC(=O)Nc2sccc2C#N)cc1F. The summed E-state index contributed by atoms with van der Waals surface area (Å²) in [6.07, 6.45) is 0.290. The predicted octanol–water partition coefficient (Wildman–Crippen LogP) is 3.23. The van der Waals surface area contributed by atoms with Gasteiger partial charge in [-0.1, -0.05) is 6.07 Å². The Bertz CT molecular complexity index is 755. The van der Waals surface area contributed by atoms with E-state index in [9.17, 15) is 9.18 Å². The van der Waals surface area contributed by atoms with Crippen LogP contribution in [0.5, 0.6) is 5.75 Å². The number of methoxy groups -OCH3 is 1. The number of carbonyl (C=O) groups excluding carboxylic acids is 1. The predicted molar refractivity (Wildman–Crippen MR) is 91.6 cm³/mol. The number of halogens is 1. The van der Waals surface area contributed by atoms with E-state index in [0.29, 0.717) is 23.7 Å². The van der Waals surface area contributed by atoms with Crippen molar-refractivity contribution in [2.24, 2.45) is 0 Å². The third kappa shape index (κ3) is 4.78. The second-order valence-corrected chi connectivity index (χ2v) is 6.20. The topological polar surface area (TPSA) is 65.4 Å². The Kier molecular flexibility index (Phi) is 6.29. The van der Waals surface area contributed by atoms with E-state index < -0.39 is 5.82 Å². The van der Waals surface area contributed by atoms with Gasteiger partial charge in [-0.15, -0.1) is 11.3 Å². The molecular formula is C17H18FN3O2S. The van der Waals surface area contributed by atoms with Gasteiger partial charge in [-0.05, 0) is 36.2 Å². The summed E-state index contributed by atoms with van der Waals surface area (Å²) in [6, 6.07) is 8.52. The van der Waals surface area contributed by atoms with Crippen molar-refractivity contribution < 1.29 is 13.9 Å². The number of rotatable bonds is 7. The summed E-state index contributed by atoms with van der Waals surface area (Å²) in [5.41, 5.74) is 1.27. The van der Waals surface area contributed by atoms with Gasteiger partial charge in [-0.3, -0.25) is 4.79 Å². The quantitative estimate of drug-likeness (QED) is 0.835. The molecule has 1 aromatic carbocycles. The zero-order valence-electron chi connectivity index (χ0n) is 13.5. The summed E-state index contributed by atoms with van der Waals surface area (Å²) < 4.78 is 18.6. The zero-order valence-corrected chi connectivity index (χ0v) is 14.3. The van der Waals surface area contributed by atoms with Gasteiger partial charge in [0.2, 0.25) is 5.91 Å². The van der Waals surface area contributed by atoms with Gasteiger partial charge in [-0.2, -0.15) is 5.26 Å². The fraction of sp³-hybridized carbons (Fsp3) is 0.294. The maximum Gasteiger partial charge on any atom is 0.226 e. The van der Waals surface area contributed by atoms with Gasteiger partial charge in [0.1, 0.15) is 11.1 Å². The van der Waals surface area contributed by atoms with Gasteiger partial charge < -0.3 is 15.0 Å². The maximum absolute atomic E-state index is 13.7. The van der Waals surface area contributed by atoms with E-state index in [1.54, 1.807) is 23.6 Å². The van der Waals surface area contributed by atoms with E-state index in [2.05, 4.69) is 5.32 Å². The normalized spacial score (nSPS) is 10.5. The molecule has 5 nitrogen and oxygen atoms in total. The lowest BCUT2D eigenvalue weighted by atomic mass is 10.2. The smallest absolute Gasteiger partial charge is 0.226 e. The van der Waals surface area contributed by atoms with Gasteiger partial charge in [0.15, 0.2) is 11.6 Å². The number of nitriles is 1. The molecule has 24 heavy (non-hydrogen) atoms. The van der Waals surface area contributed by atoms with Gasteiger partial charge in [0.05, 0.1) is 12.7 Å². The van der Waals surface area contributed by atoms with Crippen molar-refractivity contribution in [2.45, 2.75) is 13.0 Å². The molecule has 0 fully saturated rings. The number of nitrogens with zero attached hydrogens (tertiary/aromatic N) is 2. The molecule has 0 radical (unpaired) electrons. The average Bonchev–Trinajstić information content (AvgIpc) is 3.00. The number of ether oxygens (including phenoxy) is 1. The van der Waals surface area contributed by atoms with Crippen LogP contribution >= 0.6 is 11.3 Å². The van der Waals surface area contributed by atoms with Crippen molar-refractivity contribution in [3.63, 3.8) is 0 Å². The van der Waals surface area contributed by atoms with E-state index in [1.807, 2.05) is 18.0 Å². The van der Waals surface area contributed by atoms with Crippen LogP contribution in [-0.4, -0.2) is 31.5 Å². The highest BCUT2D eigenvalue weighted by atomic mass is 32.1. The summed E-state index contributed by atoms with van der Waals surface area (Å²) in [5, 5.41) is 14.0. The maximum atomic E-state index is 13.7. The first-order chi connectivity index (χ1) is 11.5. The highest BCUT2D eigenvalue weighted by Crippen LogP contribution is 2.22. The van der Waals surface area contributed by atoms with Crippen LogP contribution in [-0.2, 0) is 11.3 Å². The minimum Gasteiger partial charge on any atom is -0.494 e. The van der Waals surface area contributed by atoms with E-state index in [0.717, 1.165) is 5.56 Å². The Morgan fingerprint density at radius 1 is 1.46 bits per heavy atom. The number of benzene rings is 1. The third-order valence-corrected chi connectivity index (χ3v) is 4.26. The number of amides is 1. The van der Waals surface area contributed by atoms with Gasteiger partial charge in [-0.25, -0.2) is 4.39 Å². The Labute approximate surface area is 144 Å². The van der Waals surface area contributed by atoms with Crippen molar-refractivity contribution in [2.75, 3.05) is 26.0 Å². The number of carbonyl (C=O) groups is 1. The number of thiophene rings is 1. The first-order valence-electron chi connectivity index (χ1n) is 7.32. The standard InChI is InChI=1S/C17H18FN3O2S/c1-21(11-12-3-4-15(23-2)14(18)9-12)7-5-16(22)20-17-13(10-19)6-8-24-17/h3-4,6,8-9H,5,7,11H2,1-2H3,(H,20,22). The van der Waals surface area contributed by atoms with Gasteiger partial charge >= 0.3 is 0 Å². The number of nitrogens with one attached hydrogen (secondary N) is 1. The van der Waals surface area contributed by atoms with Crippen LogP contribution in [0.3, 0.4) is 0 Å². The minimum absolute atomic E-state index is 0.151. The molecule has 1 aromatic heterocycles. The van der Waals surface area contributed by atoms with Crippen LogP contribution in [0.25, 0.3) is 0 Å². The summed E-state index contributed by atoms with van der Waals surface area (Å²) in [4.78, 5) is 13.9. The summed E-state index contributed by atoms with van der Waals surface area (Å²) in [6.45, 7) is 1.05. The van der Waals surface area contributed by atoms with Crippen molar-refractivity contribution in [3.05, 3.63) is 46.6 Å². The van der Waals surface area contributed by atoms with Crippen LogP contribution in [0.4, 0.5) is 9.39 Å². The monoisotopic (exact) mass is 347 g/mol. The van der Waals surface area contributed by atoms with Crippen LogP contribution in [0.2, 0.25) is 0 Å². The van der Waals surface area contributed by atoms with Crippen molar-refractivity contribution in [1.82, 2.24) is 4.90 Å². The lowest BCUT2D eigenvalue weighted by molar-refractivity contribution is -0.116. The molecule has 1 heterocycles. The first kappa shape index (κ1) is 17.9. The van der Waals surface area contributed by atoms with Crippen molar-refractivity contribution in [3.8, 4) is 11.8 Å². The molecule has 2 aromatic rings. The molecule has 0 atom stereocenters. The summed E-state index contributed by atoms with van der Waals surface area (Å²) in [7, 11) is 3.29. The lowest BCUT2D eigenvalue weighted by Gasteiger charge is -2.16. The molecular weight excluding hydrogens is 329 g/mol. The van der Waals surface area contributed by atoms with Crippen LogP contribution in [0.1, 0.15) is 17.5 Å². The molecule has 2 rings (SSSR count).